The molecule has 1 heterocycles. The smallest absolute Gasteiger partial charge is 0.253 e. The Balaban J connectivity index is 1.87. The molecular weight excluding hydrogens is 324 g/mol. The Morgan fingerprint density at radius 3 is 2.00 bits per heavy atom. The minimum absolute atomic E-state index is 0.123. The highest BCUT2D eigenvalue weighted by Gasteiger charge is 2.22. The van der Waals surface area contributed by atoms with Crippen LogP contribution >= 0.6 is 0 Å². The number of carbonyl (C=O) groups is 1. The second-order valence-corrected chi connectivity index (χ2v) is 6.42. The molecule has 1 amide bonds. The SMILES string of the molecule is Cc1cc(C)c(CNC(=O)C(c2ccccc2)c2ccccc2)c(=O)[nH]1. The van der Waals surface area contributed by atoms with Gasteiger partial charge in [-0.15, -0.1) is 0 Å². The number of H-pyrrole nitrogens is 1. The molecule has 132 valence electrons. The normalized spacial score (nSPS) is 10.7. The minimum Gasteiger partial charge on any atom is -0.351 e. The van der Waals surface area contributed by atoms with Crippen LogP contribution in [0.3, 0.4) is 0 Å². The molecule has 0 spiro atoms. The Kier molecular flexibility index (Phi) is 5.32. The third-order valence-corrected chi connectivity index (χ3v) is 4.46. The van der Waals surface area contributed by atoms with Gasteiger partial charge in [-0.3, -0.25) is 9.59 Å². The number of amides is 1. The van der Waals surface area contributed by atoms with E-state index in [-0.39, 0.29) is 18.0 Å². The Bertz CT molecular complexity index is 907. The zero-order valence-corrected chi connectivity index (χ0v) is 15.0. The summed E-state index contributed by atoms with van der Waals surface area (Å²) in [4.78, 5) is 27.9. The van der Waals surface area contributed by atoms with Crippen molar-refractivity contribution in [3.63, 3.8) is 0 Å². The molecule has 0 unspecified atom stereocenters. The maximum absolute atomic E-state index is 13.0. The summed E-state index contributed by atoms with van der Waals surface area (Å²) in [6, 6.07) is 21.2. The van der Waals surface area contributed by atoms with Crippen molar-refractivity contribution in [2.24, 2.45) is 0 Å². The van der Waals surface area contributed by atoms with E-state index < -0.39 is 5.92 Å². The molecule has 0 aliphatic carbocycles. The summed E-state index contributed by atoms with van der Waals surface area (Å²) in [7, 11) is 0. The Hall–Kier alpha value is -3.14. The molecule has 26 heavy (non-hydrogen) atoms. The number of hydrogen-bond acceptors (Lipinski definition) is 2. The van der Waals surface area contributed by atoms with Crippen LogP contribution in [-0.4, -0.2) is 10.9 Å². The number of pyridine rings is 1. The first-order valence-corrected chi connectivity index (χ1v) is 8.63. The van der Waals surface area contributed by atoms with Crippen molar-refractivity contribution >= 4 is 5.91 Å². The van der Waals surface area contributed by atoms with E-state index in [2.05, 4.69) is 10.3 Å². The molecule has 0 aliphatic heterocycles. The van der Waals surface area contributed by atoms with Crippen molar-refractivity contribution in [3.05, 3.63) is 105 Å². The Labute approximate surface area is 152 Å². The zero-order chi connectivity index (χ0) is 18.5. The van der Waals surface area contributed by atoms with Crippen LogP contribution < -0.4 is 10.9 Å². The number of carbonyl (C=O) groups excluding carboxylic acids is 1. The number of nitrogens with one attached hydrogen (secondary N) is 2. The van der Waals surface area contributed by atoms with Crippen molar-refractivity contribution < 1.29 is 4.79 Å². The summed E-state index contributed by atoms with van der Waals surface area (Å²) in [5.41, 5.74) is 3.97. The molecule has 3 rings (SSSR count). The summed E-state index contributed by atoms with van der Waals surface area (Å²) in [5.74, 6) is -0.538. The predicted molar refractivity (Wildman–Crippen MR) is 103 cm³/mol. The average molecular weight is 346 g/mol. The molecule has 2 aromatic carbocycles. The first-order valence-electron chi connectivity index (χ1n) is 8.63. The first kappa shape index (κ1) is 17.7. The van der Waals surface area contributed by atoms with Gasteiger partial charge in [0.05, 0.1) is 5.92 Å². The van der Waals surface area contributed by atoms with Crippen LogP contribution in [0.15, 0.2) is 71.5 Å². The lowest BCUT2D eigenvalue weighted by Crippen LogP contribution is -2.32. The van der Waals surface area contributed by atoms with Crippen molar-refractivity contribution in [1.82, 2.24) is 10.3 Å². The first-order chi connectivity index (χ1) is 12.6. The van der Waals surface area contributed by atoms with E-state index in [9.17, 15) is 9.59 Å². The number of hydrogen-bond donors (Lipinski definition) is 2. The number of benzene rings is 2. The summed E-state index contributed by atoms with van der Waals surface area (Å²) in [5, 5.41) is 2.94. The maximum atomic E-state index is 13.0. The second-order valence-electron chi connectivity index (χ2n) is 6.42. The van der Waals surface area contributed by atoms with E-state index in [0.29, 0.717) is 5.56 Å². The molecule has 0 saturated carbocycles. The van der Waals surface area contributed by atoms with Crippen molar-refractivity contribution in [1.29, 1.82) is 0 Å². The topological polar surface area (TPSA) is 62.0 Å². The Morgan fingerprint density at radius 1 is 0.962 bits per heavy atom. The highest BCUT2D eigenvalue weighted by Crippen LogP contribution is 2.24. The predicted octanol–water partition coefficient (Wildman–Crippen LogP) is 3.44. The molecule has 0 aliphatic rings. The lowest BCUT2D eigenvalue weighted by Gasteiger charge is -2.18. The highest BCUT2D eigenvalue weighted by atomic mass is 16.2. The molecule has 3 aromatic rings. The number of aryl methyl sites for hydroxylation is 2. The number of rotatable bonds is 5. The quantitative estimate of drug-likeness (QED) is 0.743. The molecule has 1 aromatic heterocycles. The summed E-state index contributed by atoms with van der Waals surface area (Å²) in [6.07, 6.45) is 0. The van der Waals surface area contributed by atoms with Crippen molar-refractivity contribution in [3.8, 4) is 0 Å². The van der Waals surface area contributed by atoms with E-state index in [1.807, 2.05) is 80.6 Å². The largest absolute Gasteiger partial charge is 0.351 e. The average Bonchev–Trinajstić information content (AvgIpc) is 2.63. The van der Waals surface area contributed by atoms with E-state index in [0.717, 1.165) is 22.4 Å². The van der Waals surface area contributed by atoms with Gasteiger partial charge in [-0.05, 0) is 36.6 Å². The van der Waals surface area contributed by atoms with Crippen LogP contribution in [0.4, 0.5) is 0 Å². The van der Waals surface area contributed by atoms with E-state index >= 15 is 0 Å². The van der Waals surface area contributed by atoms with E-state index in [1.54, 1.807) is 0 Å². The van der Waals surface area contributed by atoms with Gasteiger partial charge in [0.2, 0.25) is 5.91 Å². The van der Waals surface area contributed by atoms with Gasteiger partial charge in [0.15, 0.2) is 0 Å². The highest BCUT2D eigenvalue weighted by molar-refractivity contribution is 5.87. The summed E-state index contributed by atoms with van der Waals surface area (Å²) in [6.45, 7) is 3.93. The Morgan fingerprint density at radius 2 is 1.50 bits per heavy atom. The van der Waals surface area contributed by atoms with Gasteiger partial charge < -0.3 is 10.3 Å². The molecular formula is C22H22N2O2. The van der Waals surface area contributed by atoms with Crippen LogP contribution in [-0.2, 0) is 11.3 Å². The second kappa shape index (κ2) is 7.83. The molecule has 4 heteroatoms. The van der Waals surface area contributed by atoms with Gasteiger partial charge in [0, 0.05) is 17.8 Å². The lowest BCUT2D eigenvalue weighted by molar-refractivity contribution is -0.121. The molecule has 2 N–H and O–H groups in total. The molecule has 0 bridgehead atoms. The van der Waals surface area contributed by atoms with Gasteiger partial charge >= 0.3 is 0 Å². The third kappa shape index (κ3) is 3.91. The molecule has 0 saturated heterocycles. The summed E-state index contributed by atoms with van der Waals surface area (Å²) < 4.78 is 0. The van der Waals surface area contributed by atoms with Crippen LogP contribution in [0.25, 0.3) is 0 Å². The fraction of sp³-hybridized carbons (Fsp3) is 0.182. The molecule has 4 nitrogen and oxygen atoms in total. The van der Waals surface area contributed by atoms with E-state index in [1.165, 1.54) is 0 Å². The lowest BCUT2D eigenvalue weighted by atomic mass is 9.90. The van der Waals surface area contributed by atoms with Crippen LogP contribution in [0, 0.1) is 13.8 Å². The number of aromatic amines is 1. The van der Waals surface area contributed by atoms with Crippen LogP contribution in [0.2, 0.25) is 0 Å². The standard InChI is InChI=1S/C22H22N2O2/c1-15-13-16(2)24-21(25)19(15)14-23-22(26)20(17-9-5-3-6-10-17)18-11-7-4-8-12-18/h3-13,20H,14H2,1-2H3,(H,23,26)(H,24,25). The van der Waals surface area contributed by atoms with Gasteiger partial charge in [-0.25, -0.2) is 0 Å². The van der Waals surface area contributed by atoms with Gasteiger partial charge in [-0.1, -0.05) is 60.7 Å². The fourth-order valence-electron chi connectivity index (χ4n) is 3.17. The molecule has 0 fully saturated rings. The third-order valence-electron chi connectivity index (χ3n) is 4.46. The monoisotopic (exact) mass is 346 g/mol. The van der Waals surface area contributed by atoms with Gasteiger partial charge in [0.1, 0.15) is 0 Å². The zero-order valence-electron chi connectivity index (χ0n) is 15.0. The van der Waals surface area contributed by atoms with Gasteiger partial charge in [0.25, 0.3) is 5.56 Å². The molecule has 0 atom stereocenters. The van der Waals surface area contributed by atoms with Gasteiger partial charge in [-0.2, -0.15) is 0 Å². The van der Waals surface area contributed by atoms with Crippen LogP contribution in [0.1, 0.15) is 33.9 Å². The van der Waals surface area contributed by atoms with Crippen molar-refractivity contribution in [2.45, 2.75) is 26.3 Å². The maximum Gasteiger partial charge on any atom is 0.253 e. The minimum atomic E-state index is -0.415. The number of aromatic nitrogens is 1. The van der Waals surface area contributed by atoms with Crippen LogP contribution in [0.5, 0.6) is 0 Å². The summed E-state index contributed by atoms with van der Waals surface area (Å²) >= 11 is 0. The van der Waals surface area contributed by atoms with E-state index in [4.69, 9.17) is 0 Å². The fourth-order valence-corrected chi connectivity index (χ4v) is 3.17. The van der Waals surface area contributed by atoms with Crippen molar-refractivity contribution in [2.75, 3.05) is 0 Å². The molecule has 0 radical (unpaired) electrons.